The van der Waals surface area contributed by atoms with Crippen molar-refractivity contribution in [3.8, 4) is 5.75 Å². The molecule has 0 aliphatic carbocycles. The molecule has 0 N–H and O–H groups in total. The van der Waals surface area contributed by atoms with Crippen molar-refractivity contribution < 1.29 is 14.3 Å². The third-order valence-corrected chi connectivity index (χ3v) is 4.87. The molecule has 5 nitrogen and oxygen atoms in total. The van der Waals surface area contributed by atoms with E-state index in [0.717, 1.165) is 5.56 Å². The maximum atomic E-state index is 12.8. The number of ether oxygens (including phenoxy) is 1. The van der Waals surface area contributed by atoms with Gasteiger partial charge >= 0.3 is 0 Å². The average Bonchev–Trinajstić information content (AvgIpc) is 2.62. The summed E-state index contributed by atoms with van der Waals surface area (Å²) in [5, 5.41) is 0.551. The molecule has 2 amide bonds. The van der Waals surface area contributed by atoms with Crippen molar-refractivity contribution >= 4 is 34.8 Å². The van der Waals surface area contributed by atoms with Crippen molar-refractivity contribution in [3.63, 3.8) is 0 Å². The minimum atomic E-state index is -0.237. The Morgan fingerprint density at radius 3 is 2.63 bits per heavy atom. The van der Waals surface area contributed by atoms with Crippen LogP contribution in [0, 0.1) is 0 Å². The van der Waals surface area contributed by atoms with Gasteiger partial charge in [-0.15, -0.1) is 0 Å². The first-order valence-electron chi connectivity index (χ1n) is 8.76. The number of carbonyl (C=O) groups is 2. The van der Waals surface area contributed by atoms with Crippen LogP contribution >= 0.6 is 11.6 Å². The normalized spacial score (nSPS) is 13.8. The highest BCUT2D eigenvalue weighted by atomic mass is 35.5. The quantitative estimate of drug-likeness (QED) is 0.800. The van der Waals surface area contributed by atoms with E-state index >= 15 is 0 Å². The Kier molecular flexibility index (Phi) is 5.16. The Morgan fingerprint density at radius 1 is 1.22 bits per heavy atom. The van der Waals surface area contributed by atoms with Gasteiger partial charge in [-0.2, -0.15) is 0 Å². The number of rotatable bonds is 3. The molecule has 0 aromatic heterocycles. The molecule has 1 heterocycles. The molecular formula is C21H23ClN2O3. The number of amides is 2. The van der Waals surface area contributed by atoms with Gasteiger partial charge in [0.25, 0.3) is 5.91 Å². The second-order valence-corrected chi connectivity index (χ2v) is 8.07. The monoisotopic (exact) mass is 386 g/mol. The molecule has 0 radical (unpaired) electrons. The average molecular weight is 387 g/mol. The Labute approximate surface area is 164 Å². The lowest BCUT2D eigenvalue weighted by molar-refractivity contribution is -0.124. The van der Waals surface area contributed by atoms with Crippen LogP contribution in [-0.4, -0.2) is 32.0 Å². The van der Waals surface area contributed by atoms with Crippen molar-refractivity contribution in [1.82, 2.24) is 0 Å². The molecule has 6 heteroatoms. The van der Waals surface area contributed by atoms with E-state index in [0.29, 0.717) is 22.1 Å². The lowest BCUT2D eigenvalue weighted by Gasteiger charge is -2.31. The fourth-order valence-corrected chi connectivity index (χ4v) is 3.10. The maximum absolute atomic E-state index is 12.8. The first kappa shape index (κ1) is 19.2. The van der Waals surface area contributed by atoms with Crippen molar-refractivity contribution in [1.29, 1.82) is 0 Å². The summed E-state index contributed by atoms with van der Waals surface area (Å²) < 4.78 is 5.61. The highest BCUT2D eigenvalue weighted by Crippen LogP contribution is 2.36. The number of hydrogen-bond acceptors (Lipinski definition) is 3. The maximum Gasteiger partial charge on any atom is 0.265 e. The van der Waals surface area contributed by atoms with Crippen molar-refractivity contribution in [3.05, 3.63) is 53.1 Å². The van der Waals surface area contributed by atoms with E-state index in [1.54, 1.807) is 31.3 Å². The number of likely N-dealkylation sites (N-methyl/N-ethyl adjacent to an activating group) is 1. The van der Waals surface area contributed by atoms with E-state index in [9.17, 15) is 9.59 Å². The van der Waals surface area contributed by atoms with Crippen LogP contribution in [-0.2, 0) is 15.0 Å². The summed E-state index contributed by atoms with van der Waals surface area (Å²) in [5.74, 6) is 0.178. The van der Waals surface area contributed by atoms with Gasteiger partial charge in [-0.05, 0) is 41.3 Å². The molecule has 0 fully saturated rings. The highest BCUT2D eigenvalue weighted by Gasteiger charge is 2.29. The standard InChI is InChI=1S/C21H23ClN2O3/c1-21(2,3)14-8-9-17-18(10-14)27-13-20(26)24(17)12-19(25)23(4)16-7-5-6-15(22)11-16/h5-11H,12-13H2,1-4H3. The van der Waals surface area contributed by atoms with Crippen molar-refractivity contribution in [2.45, 2.75) is 26.2 Å². The van der Waals surface area contributed by atoms with E-state index in [2.05, 4.69) is 20.8 Å². The number of fused-ring (bicyclic) bond motifs is 1. The van der Waals surface area contributed by atoms with Gasteiger partial charge < -0.3 is 9.64 Å². The van der Waals surface area contributed by atoms with Gasteiger partial charge in [-0.25, -0.2) is 0 Å². The summed E-state index contributed by atoms with van der Waals surface area (Å²) in [5.41, 5.74) is 2.37. The third kappa shape index (κ3) is 4.08. The zero-order valence-electron chi connectivity index (χ0n) is 16.0. The second kappa shape index (κ2) is 7.24. The van der Waals surface area contributed by atoms with Crippen LogP contribution in [0.4, 0.5) is 11.4 Å². The fraction of sp³-hybridized carbons (Fsp3) is 0.333. The zero-order valence-corrected chi connectivity index (χ0v) is 16.7. The lowest BCUT2D eigenvalue weighted by Crippen LogP contribution is -2.45. The van der Waals surface area contributed by atoms with E-state index in [4.69, 9.17) is 16.3 Å². The van der Waals surface area contributed by atoms with Crippen LogP contribution in [0.2, 0.25) is 5.02 Å². The molecular weight excluding hydrogens is 364 g/mol. The van der Waals surface area contributed by atoms with Gasteiger partial charge in [0.2, 0.25) is 5.91 Å². The molecule has 0 spiro atoms. The molecule has 142 valence electrons. The predicted octanol–water partition coefficient (Wildman–Crippen LogP) is 4.03. The molecule has 2 aromatic rings. The SMILES string of the molecule is CN(C(=O)CN1C(=O)COc2cc(C(C)(C)C)ccc21)c1cccc(Cl)c1. The van der Waals surface area contributed by atoms with Crippen LogP contribution in [0.25, 0.3) is 0 Å². The van der Waals surface area contributed by atoms with Gasteiger partial charge in [0.1, 0.15) is 12.3 Å². The number of nitrogens with zero attached hydrogens (tertiary/aromatic N) is 2. The molecule has 1 aliphatic heterocycles. The molecule has 0 saturated heterocycles. The summed E-state index contributed by atoms with van der Waals surface area (Å²) in [6.45, 7) is 6.21. The minimum absolute atomic E-state index is 0.0344. The number of hydrogen-bond donors (Lipinski definition) is 0. The lowest BCUT2D eigenvalue weighted by atomic mass is 9.86. The molecule has 1 aliphatic rings. The molecule has 0 unspecified atom stereocenters. The largest absolute Gasteiger partial charge is 0.482 e. The van der Waals surface area contributed by atoms with E-state index in [1.165, 1.54) is 9.80 Å². The number of halogens is 1. The number of benzene rings is 2. The van der Waals surface area contributed by atoms with Crippen LogP contribution in [0.15, 0.2) is 42.5 Å². The Balaban J connectivity index is 1.85. The highest BCUT2D eigenvalue weighted by molar-refractivity contribution is 6.30. The first-order valence-corrected chi connectivity index (χ1v) is 9.14. The van der Waals surface area contributed by atoms with E-state index in [1.807, 2.05) is 18.2 Å². The summed E-state index contributed by atoms with van der Waals surface area (Å²) in [6, 6.07) is 12.8. The Bertz CT molecular complexity index is 889. The second-order valence-electron chi connectivity index (χ2n) is 7.63. The predicted molar refractivity (Wildman–Crippen MR) is 108 cm³/mol. The molecule has 0 saturated carbocycles. The number of anilines is 2. The fourth-order valence-electron chi connectivity index (χ4n) is 2.91. The number of carbonyl (C=O) groups excluding carboxylic acids is 2. The molecule has 0 bridgehead atoms. The minimum Gasteiger partial charge on any atom is -0.482 e. The van der Waals surface area contributed by atoms with Crippen LogP contribution in [0.1, 0.15) is 26.3 Å². The summed E-state index contributed by atoms with van der Waals surface area (Å²) in [6.07, 6.45) is 0. The summed E-state index contributed by atoms with van der Waals surface area (Å²) >= 11 is 6.01. The molecule has 27 heavy (non-hydrogen) atoms. The van der Waals surface area contributed by atoms with Gasteiger partial charge in [0.05, 0.1) is 5.69 Å². The van der Waals surface area contributed by atoms with Gasteiger partial charge in [-0.3, -0.25) is 14.5 Å². The van der Waals surface area contributed by atoms with Crippen LogP contribution < -0.4 is 14.5 Å². The smallest absolute Gasteiger partial charge is 0.265 e. The van der Waals surface area contributed by atoms with E-state index < -0.39 is 0 Å². The molecule has 3 rings (SSSR count). The van der Waals surface area contributed by atoms with Crippen LogP contribution in [0.5, 0.6) is 5.75 Å². The first-order chi connectivity index (χ1) is 12.7. The van der Waals surface area contributed by atoms with Crippen molar-refractivity contribution in [2.24, 2.45) is 0 Å². The Hall–Kier alpha value is -2.53. The topological polar surface area (TPSA) is 49.9 Å². The van der Waals surface area contributed by atoms with Crippen molar-refractivity contribution in [2.75, 3.05) is 30.0 Å². The zero-order chi connectivity index (χ0) is 19.8. The molecule has 2 aromatic carbocycles. The van der Waals surface area contributed by atoms with Gasteiger partial charge in [-0.1, -0.05) is 44.5 Å². The summed E-state index contributed by atoms with van der Waals surface area (Å²) in [7, 11) is 1.67. The van der Waals surface area contributed by atoms with Gasteiger partial charge in [0.15, 0.2) is 6.61 Å². The van der Waals surface area contributed by atoms with Gasteiger partial charge in [0, 0.05) is 17.8 Å². The Morgan fingerprint density at radius 2 is 1.96 bits per heavy atom. The van der Waals surface area contributed by atoms with E-state index in [-0.39, 0.29) is 30.4 Å². The molecule has 0 atom stereocenters. The van der Waals surface area contributed by atoms with Crippen LogP contribution in [0.3, 0.4) is 0 Å². The summed E-state index contributed by atoms with van der Waals surface area (Å²) in [4.78, 5) is 28.1. The third-order valence-electron chi connectivity index (χ3n) is 4.63.